The highest BCUT2D eigenvalue weighted by molar-refractivity contribution is 7.84. The van der Waals surface area contributed by atoms with Crippen LogP contribution in [0.15, 0.2) is 41.6 Å². The Morgan fingerprint density at radius 3 is 2.65 bits per heavy atom. The Bertz CT molecular complexity index is 543. The summed E-state index contributed by atoms with van der Waals surface area (Å²) in [5.41, 5.74) is 7.36. The molecule has 0 aliphatic heterocycles. The molecule has 0 saturated carbocycles. The van der Waals surface area contributed by atoms with Gasteiger partial charge in [0.2, 0.25) is 0 Å². The maximum absolute atomic E-state index is 12.1. The van der Waals surface area contributed by atoms with Crippen molar-refractivity contribution in [2.24, 2.45) is 0 Å². The maximum atomic E-state index is 12.1. The van der Waals surface area contributed by atoms with Crippen molar-refractivity contribution >= 4 is 16.5 Å². The quantitative estimate of drug-likeness (QED) is 0.838. The van der Waals surface area contributed by atoms with E-state index in [0.29, 0.717) is 17.3 Å². The fraction of sp³-hybridized carbons (Fsp3) is 0.167. The minimum Gasteiger partial charge on any atom is -0.399 e. The summed E-state index contributed by atoms with van der Waals surface area (Å²) in [6.07, 6.45) is 3.29. The molecule has 0 amide bonds. The molecule has 1 unspecified atom stereocenters. The molecule has 5 heteroatoms. The highest BCUT2D eigenvalue weighted by Gasteiger charge is 2.07. The van der Waals surface area contributed by atoms with Crippen LogP contribution in [0.1, 0.15) is 11.4 Å². The first-order valence-electron chi connectivity index (χ1n) is 5.17. The van der Waals surface area contributed by atoms with E-state index in [9.17, 15) is 4.21 Å². The Hall–Kier alpha value is -1.75. The van der Waals surface area contributed by atoms with Gasteiger partial charge in [0.1, 0.15) is 5.82 Å². The lowest BCUT2D eigenvalue weighted by molar-refractivity contribution is 0.681. The third kappa shape index (κ3) is 2.88. The molecular formula is C12H13N3OS. The van der Waals surface area contributed by atoms with E-state index in [2.05, 4.69) is 9.97 Å². The Morgan fingerprint density at radius 2 is 2.00 bits per heavy atom. The van der Waals surface area contributed by atoms with Crippen LogP contribution in [0.25, 0.3) is 0 Å². The first-order valence-corrected chi connectivity index (χ1v) is 6.49. The first-order chi connectivity index (χ1) is 8.16. The van der Waals surface area contributed by atoms with Crippen LogP contribution in [-0.4, -0.2) is 14.2 Å². The van der Waals surface area contributed by atoms with Crippen LogP contribution in [-0.2, 0) is 16.6 Å². The largest absolute Gasteiger partial charge is 0.399 e. The third-order valence-electron chi connectivity index (χ3n) is 2.38. The lowest BCUT2D eigenvalue weighted by atomic mass is 10.2. The van der Waals surface area contributed by atoms with Crippen LogP contribution >= 0.6 is 0 Å². The van der Waals surface area contributed by atoms with E-state index in [0.717, 1.165) is 10.5 Å². The minimum absolute atomic E-state index is 0.324. The lowest BCUT2D eigenvalue weighted by Gasteiger charge is -2.04. The van der Waals surface area contributed by atoms with Crippen molar-refractivity contribution in [2.45, 2.75) is 17.6 Å². The SMILES string of the molecule is Cc1cc(S(=O)Cc2ncccn2)ccc1N. The maximum Gasteiger partial charge on any atom is 0.141 e. The number of hydrogen-bond acceptors (Lipinski definition) is 4. The standard InChI is InChI=1S/C12H13N3OS/c1-9-7-10(3-4-11(9)13)17(16)8-12-14-5-2-6-15-12/h2-7H,8,13H2,1H3. The Morgan fingerprint density at radius 1 is 1.29 bits per heavy atom. The highest BCUT2D eigenvalue weighted by atomic mass is 32.2. The Kier molecular flexibility index (Phi) is 3.49. The molecule has 2 rings (SSSR count). The number of rotatable bonds is 3. The van der Waals surface area contributed by atoms with E-state index >= 15 is 0 Å². The third-order valence-corrected chi connectivity index (χ3v) is 3.68. The van der Waals surface area contributed by atoms with E-state index in [1.165, 1.54) is 0 Å². The molecule has 1 aromatic heterocycles. The van der Waals surface area contributed by atoms with Gasteiger partial charge in [-0.2, -0.15) is 0 Å². The number of nitrogens with zero attached hydrogens (tertiary/aromatic N) is 2. The van der Waals surface area contributed by atoms with Gasteiger partial charge < -0.3 is 5.73 Å². The smallest absolute Gasteiger partial charge is 0.141 e. The second-order valence-electron chi connectivity index (χ2n) is 3.67. The fourth-order valence-electron chi connectivity index (χ4n) is 1.39. The predicted octanol–water partition coefficient (Wildman–Crippen LogP) is 1.68. The average Bonchev–Trinajstić information content (AvgIpc) is 2.34. The predicted molar refractivity (Wildman–Crippen MR) is 67.7 cm³/mol. The van der Waals surface area contributed by atoms with E-state index in [1.54, 1.807) is 30.6 Å². The van der Waals surface area contributed by atoms with Crippen molar-refractivity contribution < 1.29 is 4.21 Å². The van der Waals surface area contributed by atoms with Gasteiger partial charge in [-0.05, 0) is 36.8 Å². The summed E-state index contributed by atoms with van der Waals surface area (Å²) < 4.78 is 12.1. The lowest BCUT2D eigenvalue weighted by Crippen LogP contribution is -2.01. The zero-order valence-corrected chi connectivity index (χ0v) is 10.3. The molecule has 1 aromatic carbocycles. The van der Waals surface area contributed by atoms with E-state index in [-0.39, 0.29) is 0 Å². The van der Waals surface area contributed by atoms with Crippen molar-refractivity contribution in [1.29, 1.82) is 0 Å². The molecule has 0 radical (unpaired) electrons. The van der Waals surface area contributed by atoms with Gasteiger partial charge in [-0.1, -0.05) is 0 Å². The molecule has 0 bridgehead atoms. The summed E-state index contributed by atoms with van der Waals surface area (Å²) in [6, 6.07) is 7.13. The van der Waals surface area contributed by atoms with Crippen LogP contribution in [0, 0.1) is 6.92 Å². The summed E-state index contributed by atoms with van der Waals surface area (Å²) in [7, 11) is -1.13. The molecule has 0 fully saturated rings. The van der Waals surface area contributed by atoms with Crippen LogP contribution in [0.2, 0.25) is 0 Å². The topological polar surface area (TPSA) is 68.9 Å². The zero-order valence-electron chi connectivity index (χ0n) is 9.46. The molecule has 88 valence electrons. The molecule has 0 spiro atoms. The van der Waals surface area contributed by atoms with Crippen LogP contribution in [0.5, 0.6) is 0 Å². The second-order valence-corrected chi connectivity index (χ2v) is 5.12. The van der Waals surface area contributed by atoms with Gasteiger partial charge in [0.05, 0.1) is 16.6 Å². The fourth-order valence-corrected chi connectivity index (χ4v) is 2.47. The van der Waals surface area contributed by atoms with Gasteiger partial charge in [-0.25, -0.2) is 9.97 Å². The van der Waals surface area contributed by atoms with Crippen LogP contribution in [0.3, 0.4) is 0 Å². The molecule has 2 N–H and O–H groups in total. The molecular weight excluding hydrogens is 234 g/mol. The van der Waals surface area contributed by atoms with E-state index in [4.69, 9.17) is 5.73 Å². The van der Waals surface area contributed by atoms with Gasteiger partial charge in [0.15, 0.2) is 0 Å². The number of aromatic nitrogens is 2. The van der Waals surface area contributed by atoms with Gasteiger partial charge >= 0.3 is 0 Å². The zero-order chi connectivity index (χ0) is 12.3. The summed E-state index contributed by atoms with van der Waals surface area (Å²) >= 11 is 0. The Balaban J connectivity index is 2.18. The van der Waals surface area contributed by atoms with Crippen molar-refractivity contribution in [3.63, 3.8) is 0 Å². The van der Waals surface area contributed by atoms with Crippen molar-refractivity contribution in [1.82, 2.24) is 9.97 Å². The molecule has 0 aliphatic rings. The average molecular weight is 247 g/mol. The number of anilines is 1. The van der Waals surface area contributed by atoms with Crippen molar-refractivity contribution in [3.8, 4) is 0 Å². The Labute approximate surface area is 102 Å². The van der Waals surface area contributed by atoms with Crippen LogP contribution < -0.4 is 5.73 Å². The van der Waals surface area contributed by atoms with Crippen LogP contribution in [0.4, 0.5) is 5.69 Å². The number of nitrogens with two attached hydrogens (primary N) is 1. The van der Waals surface area contributed by atoms with E-state index in [1.807, 2.05) is 13.0 Å². The number of hydrogen-bond donors (Lipinski definition) is 1. The molecule has 17 heavy (non-hydrogen) atoms. The minimum atomic E-state index is -1.13. The molecule has 1 atom stereocenters. The highest BCUT2D eigenvalue weighted by Crippen LogP contribution is 2.17. The van der Waals surface area contributed by atoms with Gasteiger partial charge in [-0.15, -0.1) is 0 Å². The molecule has 0 saturated heterocycles. The normalized spacial score (nSPS) is 12.3. The first kappa shape index (κ1) is 11.7. The summed E-state index contributed by atoms with van der Waals surface area (Å²) in [5, 5.41) is 0. The molecule has 0 aliphatic carbocycles. The molecule has 1 heterocycles. The van der Waals surface area contributed by atoms with E-state index < -0.39 is 10.8 Å². The summed E-state index contributed by atoms with van der Waals surface area (Å²) in [4.78, 5) is 8.86. The number of aryl methyl sites for hydroxylation is 1. The number of benzene rings is 1. The van der Waals surface area contributed by atoms with Gasteiger partial charge in [0, 0.05) is 23.0 Å². The number of nitrogen functional groups attached to an aromatic ring is 1. The second kappa shape index (κ2) is 5.05. The monoisotopic (exact) mass is 247 g/mol. The van der Waals surface area contributed by atoms with Gasteiger partial charge in [-0.3, -0.25) is 4.21 Å². The molecule has 4 nitrogen and oxygen atoms in total. The summed E-state index contributed by atoms with van der Waals surface area (Å²) in [6.45, 7) is 1.90. The summed E-state index contributed by atoms with van der Waals surface area (Å²) in [5.74, 6) is 0.907. The van der Waals surface area contributed by atoms with Gasteiger partial charge in [0.25, 0.3) is 0 Å². The van der Waals surface area contributed by atoms with Crippen molar-refractivity contribution in [3.05, 3.63) is 48.0 Å². The molecule has 2 aromatic rings. The van der Waals surface area contributed by atoms with Crippen molar-refractivity contribution in [2.75, 3.05) is 5.73 Å².